The van der Waals surface area contributed by atoms with Crippen molar-refractivity contribution in [3.8, 4) is 5.75 Å². The average Bonchev–Trinajstić information content (AvgIpc) is 2.29. The van der Waals surface area contributed by atoms with Gasteiger partial charge in [-0.2, -0.15) is 0 Å². The highest BCUT2D eigenvalue weighted by Gasteiger charge is 2.10. The molecule has 0 saturated carbocycles. The first kappa shape index (κ1) is 14.3. The fraction of sp³-hybridized carbons (Fsp3) is 0.538. The number of benzene rings is 1. The largest absolute Gasteiger partial charge is 0.508 e. The van der Waals surface area contributed by atoms with Crippen molar-refractivity contribution in [2.75, 3.05) is 13.7 Å². The van der Waals surface area contributed by atoms with Crippen LogP contribution in [0.5, 0.6) is 5.75 Å². The summed E-state index contributed by atoms with van der Waals surface area (Å²) < 4.78 is 5.15. The zero-order valence-corrected chi connectivity index (χ0v) is 11.1. The van der Waals surface area contributed by atoms with E-state index in [9.17, 15) is 5.11 Å². The van der Waals surface area contributed by atoms with Crippen LogP contribution in [-0.2, 0) is 11.3 Å². The van der Waals surface area contributed by atoms with Crippen molar-refractivity contribution < 1.29 is 9.84 Å². The molecule has 0 aromatic heterocycles. The van der Waals surface area contributed by atoms with E-state index in [4.69, 9.17) is 16.3 Å². The molecule has 0 aliphatic heterocycles. The van der Waals surface area contributed by atoms with Crippen molar-refractivity contribution in [3.05, 3.63) is 28.8 Å². The monoisotopic (exact) mass is 257 g/mol. The van der Waals surface area contributed by atoms with Gasteiger partial charge in [0.05, 0.1) is 6.61 Å². The molecule has 2 N–H and O–H groups in total. The summed E-state index contributed by atoms with van der Waals surface area (Å²) in [6.07, 6.45) is 2.13. The van der Waals surface area contributed by atoms with E-state index in [-0.39, 0.29) is 5.75 Å². The van der Waals surface area contributed by atoms with Gasteiger partial charge in [-0.1, -0.05) is 31.0 Å². The maximum Gasteiger partial charge on any atom is 0.121 e. The van der Waals surface area contributed by atoms with E-state index in [1.807, 2.05) is 0 Å². The Morgan fingerprint density at radius 2 is 2.24 bits per heavy atom. The van der Waals surface area contributed by atoms with Crippen LogP contribution in [0.15, 0.2) is 18.2 Å². The van der Waals surface area contributed by atoms with E-state index >= 15 is 0 Å². The molecule has 0 fully saturated rings. The molecule has 1 unspecified atom stereocenters. The molecule has 1 aromatic rings. The van der Waals surface area contributed by atoms with E-state index < -0.39 is 0 Å². The topological polar surface area (TPSA) is 41.5 Å². The zero-order chi connectivity index (χ0) is 12.7. The van der Waals surface area contributed by atoms with Crippen molar-refractivity contribution in [1.29, 1.82) is 0 Å². The van der Waals surface area contributed by atoms with Crippen molar-refractivity contribution in [2.45, 2.75) is 32.4 Å². The Morgan fingerprint density at radius 1 is 1.47 bits per heavy atom. The van der Waals surface area contributed by atoms with E-state index in [2.05, 4.69) is 12.2 Å². The van der Waals surface area contributed by atoms with Gasteiger partial charge < -0.3 is 15.2 Å². The van der Waals surface area contributed by atoms with E-state index in [0.717, 1.165) is 18.4 Å². The minimum absolute atomic E-state index is 0.234. The first-order valence-electron chi connectivity index (χ1n) is 5.87. The molecule has 0 heterocycles. The quantitative estimate of drug-likeness (QED) is 0.789. The summed E-state index contributed by atoms with van der Waals surface area (Å²) in [4.78, 5) is 0. The molecule has 0 amide bonds. The second-order valence-electron chi connectivity index (χ2n) is 4.06. The van der Waals surface area contributed by atoms with Crippen LogP contribution < -0.4 is 5.32 Å². The molecule has 0 aliphatic carbocycles. The Bertz CT molecular complexity index is 318. The number of halogens is 1. The minimum atomic E-state index is 0.234. The van der Waals surface area contributed by atoms with Gasteiger partial charge in [0, 0.05) is 30.3 Å². The molecule has 0 spiro atoms. The molecular weight excluding hydrogens is 238 g/mol. The summed E-state index contributed by atoms with van der Waals surface area (Å²) in [6.45, 7) is 3.36. The van der Waals surface area contributed by atoms with Crippen LogP contribution in [0.2, 0.25) is 5.02 Å². The standard InChI is InChI=1S/C13H20ClNO2/c1-3-5-10(9-17-2)15-8-11-12(14)6-4-7-13(11)16/h4,6-7,10,15-16H,3,5,8-9H2,1-2H3. The summed E-state index contributed by atoms with van der Waals surface area (Å²) in [5.74, 6) is 0.234. The first-order chi connectivity index (χ1) is 8.19. The van der Waals surface area contributed by atoms with Gasteiger partial charge in [0.15, 0.2) is 0 Å². The number of phenols is 1. The lowest BCUT2D eigenvalue weighted by Gasteiger charge is -2.18. The average molecular weight is 258 g/mol. The Hall–Kier alpha value is -0.770. The van der Waals surface area contributed by atoms with Gasteiger partial charge in [-0.3, -0.25) is 0 Å². The predicted octanol–water partition coefficient (Wildman–Crippen LogP) is 2.95. The molecule has 0 saturated heterocycles. The number of nitrogens with one attached hydrogen (secondary N) is 1. The maximum atomic E-state index is 9.71. The van der Waals surface area contributed by atoms with E-state index in [1.165, 1.54) is 0 Å². The van der Waals surface area contributed by atoms with Gasteiger partial charge in [-0.25, -0.2) is 0 Å². The Labute approximate surface area is 108 Å². The molecule has 17 heavy (non-hydrogen) atoms. The van der Waals surface area contributed by atoms with Gasteiger partial charge in [0.25, 0.3) is 0 Å². The molecule has 1 rings (SSSR count). The van der Waals surface area contributed by atoms with Crippen LogP contribution >= 0.6 is 11.6 Å². The molecule has 4 heteroatoms. The van der Waals surface area contributed by atoms with Gasteiger partial charge >= 0.3 is 0 Å². The number of phenolic OH excluding ortho intramolecular Hbond substituents is 1. The SMILES string of the molecule is CCCC(COC)NCc1c(O)cccc1Cl. The fourth-order valence-corrected chi connectivity index (χ4v) is 2.00. The number of hydrogen-bond acceptors (Lipinski definition) is 3. The van der Waals surface area contributed by atoms with E-state index in [1.54, 1.807) is 25.3 Å². The highest BCUT2D eigenvalue weighted by Crippen LogP contribution is 2.24. The van der Waals surface area contributed by atoms with Crippen molar-refractivity contribution in [1.82, 2.24) is 5.32 Å². The minimum Gasteiger partial charge on any atom is -0.508 e. The van der Waals surface area contributed by atoms with Crippen LogP contribution in [0, 0.1) is 0 Å². The van der Waals surface area contributed by atoms with Crippen molar-refractivity contribution in [2.24, 2.45) is 0 Å². The third kappa shape index (κ3) is 4.54. The Morgan fingerprint density at radius 3 is 2.82 bits per heavy atom. The van der Waals surface area contributed by atoms with Crippen LogP contribution in [-0.4, -0.2) is 24.9 Å². The fourth-order valence-electron chi connectivity index (χ4n) is 1.76. The molecule has 3 nitrogen and oxygen atoms in total. The first-order valence-corrected chi connectivity index (χ1v) is 6.25. The summed E-state index contributed by atoms with van der Waals surface area (Å²) in [5, 5.41) is 13.6. The summed E-state index contributed by atoms with van der Waals surface area (Å²) in [7, 11) is 1.69. The number of hydrogen-bond donors (Lipinski definition) is 2. The van der Waals surface area contributed by atoms with Gasteiger partial charge in [-0.05, 0) is 18.6 Å². The molecule has 1 atom stereocenters. The number of ether oxygens (including phenoxy) is 1. The lowest BCUT2D eigenvalue weighted by molar-refractivity contribution is 0.161. The lowest BCUT2D eigenvalue weighted by Crippen LogP contribution is -2.32. The van der Waals surface area contributed by atoms with Crippen molar-refractivity contribution >= 4 is 11.6 Å². The third-order valence-corrected chi connectivity index (χ3v) is 3.02. The maximum absolute atomic E-state index is 9.71. The van der Waals surface area contributed by atoms with Gasteiger partial charge in [0.2, 0.25) is 0 Å². The van der Waals surface area contributed by atoms with Gasteiger partial charge in [-0.15, -0.1) is 0 Å². The molecule has 0 radical (unpaired) electrons. The lowest BCUT2D eigenvalue weighted by atomic mass is 10.1. The Balaban J connectivity index is 2.58. The molecule has 96 valence electrons. The summed E-state index contributed by atoms with van der Waals surface area (Å²) in [5.41, 5.74) is 0.742. The molecular formula is C13H20ClNO2. The van der Waals surface area contributed by atoms with Crippen LogP contribution in [0.3, 0.4) is 0 Å². The second kappa shape index (κ2) is 7.54. The second-order valence-corrected chi connectivity index (χ2v) is 4.47. The molecule has 0 bridgehead atoms. The smallest absolute Gasteiger partial charge is 0.121 e. The highest BCUT2D eigenvalue weighted by atomic mass is 35.5. The number of rotatable bonds is 7. The number of aromatic hydroxyl groups is 1. The third-order valence-electron chi connectivity index (χ3n) is 2.67. The van der Waals surface area contributed by atoms with Crippen LogP contribution in [0.25, 0.3) is 0 Å². The summed E-state index contributed by atoms with van der Waals surface area (Å²) in [6, 6.07) is 5.46. The molecule has 0 aliphatic rings. The Kier molecular flexibility index (Phi) is 6.34. The predicted molar refractivity (Wildman–Crippen MR) is 70.5 cm³/mol. The normalized spacial score (nSPS) is 12.6. The van der Waals surface area contributed by atoms with Crippen LogP contribution in [0.1, 0.15) is 25.3 Å². The van der Waals surface area contributed by atoms with Crippen LogP contribution in [0.4, 0.5) is 0 Å². The van der Waals surface area contributed by atoms with Crippen molar-refractivity contribution in [3.63, 3.8) is 0 Å². The molecule has 1 aromatic carbocycles. The zero-order valence-electron chi connectivity index (χ0n) is 10.4. The van der Waals surface area contributed by atoms with Gasteiger partial charge in [0.1, 0.15) is 5.75 Å². The summed E-state index contributed by atoms with van der Waals surface area (Å²) >= 11 is 6.04. The highest BCUT2D eigenvalue weighted by molar-refractivity contribution is 6.31. The number of methoxy groups -OCH3 is 1. The van der Waals surface area contributed by atoms with E-state index in [0.29, 0.717) is 24.2 Å².